The van der Waals surface area contributed by atoms with Crippen LogP contribution in [0.25, 0.3) is 5.65 Å². The first-order chi connectivity index (χ1) is 14.1. The van der Waals surface area contributed by atoms with Crippen LogP contribution < -0.4 is 9.47 Å². The highest BCUT2D eigenvalue weighted by Crippen LogP contribution is 2.50. The maximum absolute atomic E-state index is 13.9. The topological polar surface area (TPSA) is 73.1 Å². The van der Waals surface area contributed by atoms with Crippen molar-refractivity contribution in [1.29, 1.82) is 0 Å². The number of aromatic nitrogens is 2. The number of carboxylic acid groups (broad SMARTS) is 1. The summed E-state index contributed by atoms with van der Waals surface area (Å²) in [7, 11) is 0. The van der Waals surface area contributed by atoms with Crippen LogP contribution in [0, 0.1) is 18.6 Å². The third-order valence-corrected chi connectivity index (χ3v) is 4.90. The number of imidazole rings is 1. The molecule has 0 unspecified atom stereocenters. The number of pyridine rings is 1. The Morgan fingerprint density at radius 2 is 1.97 bits per heavy atom. The van der Waals surface area contributed by atoms with E-state index in [1.54, 1.807) is 13.0 Å². The van der Waals surface area contributed by atoms with Crippen molar-refractivity contribution in [2.45, 2.75) is 38.2 Å². The Hall–Kier alpha value is -3.30. The molecule has 0 aliphatic heterocycles. The Morgan fingerprint density at radius 1 is 1.30 bits per heavy atom. The average molecular weight is 424 g/mol. The molecule has 6 nitrogen and oxygen atoms in total. The van der Waals surface area contributed by atoms with E-state index >= 15 is 0 Å². The van der Waals surface area contributed by atoms with Gasteiger partial charge in [0.1, 0.15) is 23.9 Å². The van der Waals surface area contributed by atoms with E-state index in [0.717, 1.165) is 12.1 Å². The summed E-state index contributed by atoms with van der Waals surface area (Å²) in [6, 6.07) is 4.96. The van der Waals surface area contributed by atoms with Gasteiger partial charge in [-0.25, -0.2) is 27.3 Å². The second kappa shape index (κ2) is 7.19. The van der Waals surface area contributed by atoms with E-state index in [1.807, 2.05) is 0 Å². The van der Waals surface area contributed by atoms with Gasteiger partial charge in [0.2, 0.25) is 11.8 Å². The second-order valence-electron chi connectivity index (χ2n) is 7.20. The molecule has 2 aromatic heterocycles. The smallest absolute Gasteiger partial charge is 0.485 e. The van der Waals surface area contributed by atoms with E-state index in [0.29, 0.717) is 5.56 Å². The SMILES string of the molecule is Cc1cc(OCc2c(F)cccc2F)c2nc(C3CC(F)(F)C3)c(OC(=O)O)n2c1. The molecule has 2 heterocycles. The van der Waals surface area contributed by atoms with Gasteiger partial charge in [0.15, 0.2) is 11.4 Å². The molecule has 0 amide bonds. The van der Waals surface area contributed by atoms with Crippen molar-refractivity contribution < 1.29 is 36.9 Å². The zero-order valence-electron chi connectivity index (χ0n) is 15.7. The highest BCUT2D eigenvalue weighted by molar-refractivity contribution is 5.65. The first-order valence-corrected chi connectivity index (χ1v) is 9.01. The molecular weight excluding hydrogens is 408 g/mol. The Bertz CT molecular complexity index is 1120. The maximum Gasteiger partial charge on any atom is 0.512 e. The summed E-state index contributed by atoms with van der Waals surface area (Å²) in [6.45, 7) is 1.23. The van der Waals surface area contributed by atoms with Crippen LogP contribution in [0.2, 0.25) is 0 Å². The van der Waals surface area contributed by atoms with Gasteiger partial charge >= 0.3 is 6.16 Å². The Morgan fingerprint density at radius 3 is 2.57 bits per heavy atom. The standard InChI is InChI=1S/C20H16F4N2O4/c1-10-5-15(29-9-12-13(21)3-2-4-14(12)22)17-25-16(11-6-20(23,24)7-11)18(26(17)8-10)30-19(27)28/h2-5,8,11H,6-7,9H2,1H3,(H,27,28). The molecule has 1 fully saturated rings. The normalized spacial score (nSPS) is 15.8. The van der Waals surface area contributed by atoms with Crippen molar-refractivity contribution in [3.8, 4) is 11.6 Å². The quantitative estimate of drug-likeness (QED) is 0.457. The van der Waals surface area contributed by atoms with Gasteiger partial charge in [-0.15, -0.1) is 0 Å². The Labute approximate surface area is 167 Å². The molecule has 1 aliphatic rings. The average Bonchev–Trinajstić information content (AvgIpc) is 2.96. The number of carbonyl (C=O) groups is 1. The van der Waals surface area contributed by atoms with E-state index in [1.165, 1.54) is 16.7 Å². The maximum atomic E-state index is 13.9. The van der Waals surface area contributed by atoms with Gasteiger partial charge in [0.25, 0.3) is 0 Å². The molecule has 0 bridgehead atoms. The third-order valence-electron chi connectivity index (χ3n) is 4.90. The zero-order chi connectivity index (χ0) is 21.6. The van der Waals surface area contributed by atoms with Gasteiger partial charge in [-0.2, -0.15) is 0 Å². The number of fused-ring (bicyclic) bond motifs is 1. The predicted molar refractivity (Wildman–Crippen MR) is 96.2 cm³/mol. The third kappa shape index (κ3) is 3.64. The summed E-state index contributed by atoms with van der Waals surface area (Å²) in [5.74, 6) is -5.21. The van der Waals surface area contributed by atoms with Crippen molar-refractivity contribution >= 4 is 11.8 Å². The number of nitrogens with zero attached hydrogens (tertiary/aromatic N) is 2. The van der Waals surface area contributed by atoms with Gasteiger partial charge in [-0.05, 0) is 30.7 Å². The molecular formula is C20H16F4N2O4. The van der Waals surface area contributed by atoms with Crippen molar-refractivity contribution in [1.82, 2.24) is 9.38 Å². The summed E-state index contributed by atoms with van der Waals surface area (Å²) in [6.07, 6.45) is -1.08. The first kappa shape index (κ1) is 20.0. The monoisotopic (exact) mass is 424 g/mol. The number of benzene rings is 1. The lowest BCUT2D eigenvalue weighted by Gasteiger charge is -2.33. The fourth-order valence-corrected chi connectivity index (χ4v) is 3.47. The lowest BCUT2D eigenvalue weighted by Crippen LogP contribution is -2.34. The minimum atomic E-state index is -2.85. The fraction of sp³-hybridized carbons (Fsp3) is 0.300. The largest absolute Gasteiger partial charge is 0.512 e. The summed E-state index contributed by atoms with van der Waals surface area (Å²) in [5.41, 5.74) is 0.476. The molecule has 1 N–H and O–H groups in total. The number of hydrogen-bond donors (Lipinski definition) is 1. The molecule has 0 spiro atoms. The molecule has 30 heavy (non-hydrogen) atoms. The Balaban J connectivity index is 1.75. The van der Waals surface area contributed by atoms with Crippen molar-refractivity contribution in [2.75, 3.05) is 0 Å². The zero-order valence-corrected chi connectivity index (χ0v) is 15.7. The van der Waals surface area contributed by atoms with Crippen molar-refractivity contribution in [2.24, 2.45) is 0 Å². The van der Waals surface area contributed by atoms with Crippen LogP contribution in [0.15, 0.2) is 30.5 Å². The van der Waals surface area contributed by atoms with Gasteiger partial charge in [-0.1, -0.05) is 6.07 Å². The fourth-order valence-electron chi connectivity index (χ4n) is 3.47. The molecule has 0 saturated heterocycles. The van der Waals surface area contributed by atoms with Gasteiger partial charge < -0.3 is 14.6 Å². The van der Waals surface area contributed by atoms with Crippen LogP contribution in [-0.2, 0) is 6.61 Å². The van der Waals surface area contributed by atoms with Crippen LogP contribution in [0.1, 0.15) is 35.6 Å². The van der Waals surface area contributed by atoms with Gasteiger partial charge in [0, 0.05) is 25.0 Å². The minimum Gasteiger partial charge on any atom is -0.485 e. The number of halogens is 4. The van der Waals surface area contributed by atoms with Crippen molar-refractivity contribution in [3.05, 3.63) is 58.9 Å². The molecule has 1 saturated carbocycles. The van der Waals surface area contributed by atoms with Crippen molar-refractivity contribution in [3.63, 3.8) is 0 Å². The second-order valence-corrected chi connectivity index (χ2v) is 7.20. The Kier molecular flexibility index (Phi) is 4.79. The molecule has 0 radical (unpaired) electrons. The van der Waals surface area contributed by atoms with Crippen LogP contribution in [0.4, 0.5) is 22.4 Å². The predicted octanol–water partition coefficient (Wildman–Crippen LogP) is 5.07. The van der Waals surface area contributed by atoms with E-state index in [4.69, 9.17) is 14.6 Å². The number of rotatable bonds is 5. The highest BCUT2D eigenvalue weighted by Gasteiger charge is 2.48. The van der Waals surface area contributed by atoms with Crippen LogP contribution in [0.3, 0.4) is 0 Å². The van der Waals surface area contributed by atoms with E-state index in [-0.39, 0.29) is 28.5 Å². The minimum absolute atomic E-state index is 0.0656. The number of ether oxygens (including phenoxy) is 2. The molecule has 4 rings (SSSR count). The van der Waals surface area contributed by atoms with Crippen LogP contribution >= 0.6 is 0 Å². The van der Waals surface area contributed by atoms with Crippen LogP contribution in [-0.4, -0.2) is 26.6 Å². The number of alkyl halides is 2. The molecule has 0 atom stereocenters. The molecule has 10 heteroatoms. The molecule has 3 aromatic rings. The highest BCUT2D eigenvalue weighted by atomic mass is 19.3. The van der Waals surface area contributed by atoms with Crippen LogP contribution in [0.5, 0.6) is 11.6 Å². The molecule has 1 aliphatic carbocycles. The van der Waals surface area contributed by atoms with Gasteiger partial charge in [0.05, 0.1) is 5.56 Å². The summed E-state index contributed by atoms with van der Waals surface area (Å²) >= 11 is 0. The summed E-state index contributed by atoms with van der Waals surface area (Å²) in [5, 5.41) is 9.07. The van der Waals surface area contributed by atoms with E-state index in [2.05, 4.69) is 4.98 Å². The number of aryl methyl sites for hydroxylation is 1. The lowest BCUT2D eigenvalue weighted by molar-refractivity contribution is -0.0878. The summed E-state index contributed by atoms with van der Waals surface area (Å²) < 4.78 is 66.2. The molecule has 158 valence electrons. The van der Waals surface area contributed by atoms with E-state index in [9.17, 15) is 22.4 Å². The first-order valence-electron chi connectivity index (χ1n) is 9.01. The lowest BCUT2D eigenvalue weighted by atomic mass is 9.79. The number of hydrogen-bond acceptors (Lipinski definition) is 4. The molecule has 1 aromatic carbocycles. The summed E-state index contributed by atoms with van der Waals surface area (Å²) in [4.78, 5) is 15.4. The van der Waals surface area contributed by atoms with E-state index < -0.39 is 49.1 Å². The van der Waals surface area contributed by atoms with Gasteiger partial charge in [-0.3, -0.25) is 4.40 Å².